The summed E-state index contributed by atoms with van der Waals surface area (Å²) in [6.45, 7) is 3.79. The van der Waals surface area contributed by atoms with Gasteiger partial charge in [0, 0.05) is 32.3 Å². The molecule has 2 heterocycles. The first kappa shape index (κ1) is 16.7. The molecule has 2 rings (SSSR count). The zero-order valence-corrected chi connectivity index (χ0v) is 13.1. The van der Waals surface area contributed by atoms with Crippen LogP contribution in [0.1, 0.15) is 32.6 Å². The van der Waals surface area contributed by atoms with E-state index in [1.165, 1.54) is 4.31 Å². The molecule has 0 aromatic carbocycles. The van der Waals surface area contributed by atoms with Crippen molar-refractivity contribution in [2.45, 2.75) is 38.6 Å². The highest BCUT2D eigenvalue weighted by atomic mass is 32.2. The predicted molar refractivity (Wildman–Crippen MR) is 77.0 cm³/mol. The third-order valence-electron chi connectivity index (χ3n) is 4.45. The summed E-state index contributed by atoms with van der Waals surface area (Å²) in [7, 11) is -3.53. The van der Waals surface area contributed by atoms with Crippen LogP contribution >= 0.6 is 0 Å². The van der Waals surface area contributed by atoms with E-state index in [1.807, 2.05) is 6.92 Å². The van der Waals surface area contributed by atoms with E-state index in [4.69, 9.17) is 9.84 Å². The van der Waals surface area contributed by atoms with Gasteiger partial charge in [0.05, 0.1) is 5.92 Å². The van der Waals surface area contributed by atoms with Crippen molar-refractivity contribution in [3.63, 3.8) is 0 Å². The minimum atomic E-state index is -3.53. The molecule has 2 aliphatic heterocycles. The Hall–Kier alpha value is -0.700. The molecule has 7 nitrogen and oxygen atoms in total. The monoisotopic (exact) mass is 320 g/mol. The second kappa shape index (κ2) is 7.04. The lowest BCUT2D eigenvalue weighted by molar-refractivity contribution is -0.142. The van der Waals surface area contributed by atoms with Crippen molar-refractivity contribution >= 4 is 16.2 Å². The van der Waals surface area contributed by atoms with Crippen LogP contribution in [0.2, 0.25) is 0 Å². The Kier molecular flexibility index (Phi) is 5.59. The largest absolute Gasteiger partial charge is 0.481 e. The van der Waals surface area contributed by atoms with E-state index in [-0.39, 0.29) is 19.1 Å². The van der Waals surface area contributed by atoms with E-state index in [2.05, 4.69) is 4.72 Å². The van der Waals surface area contributed by atoms with Gasteiger partial charge in [0.15, 0.2) is 0 Å². The van der Waals surface area contributed by atoms with Crippen molar-refractivity contribution < 1.29 is 23.1 Å². The number of carboxylic acid groups (broad SMARTS) is 1. The molecule has 0 bridgehead atoms. The van der Waals surface area contributed by atoms with Crippen molar-refractivity contribution in [2.75, 3.05) is 26.3 Å². The summed E-state index contributed by atoms with van der Waals surface area (Å²) in [6.07, 6.45) is 2.49. The van der Waals surface area contributed by atoms with Crippen LogP contribution in [0.4, 0.5) is 0 Å². The highest BCUT2D eigenvalue weighted by molar-refractivity contribution is 7.87. The van der Waals surface area contributed by atoms with Crippen molar-refractivity contribution in [2.24, 2.45) is 11.8 Å². The summed E-state index contributed by atoms with van der Waals surface area (Å²) >= 11 is 0. The maximum Gasteiger partial charge on any atom is 0.306 e. The van der Waals surface area contributed by atoms with E-state index in [0.717, 1.165) is 12.8 Å². The van der Waals surface area contributed by atoms with Gasteiger partial charge in [-0.3, -0.25) is 4.79 Å². The molecular formula is C13H24N2O5S. The average Bonchev–Trinajstić information content (AvgIpc) is 2.48. The third kappa shape index (κ3) is 4.38. The summed E-state index contributed by atoms with van der Waals surface area (Å²) in [5, 5.41) is 8.95. The van der Waals surface area contributed by atoms with E-state index in [1.54, 1.807) is 0 Å². The van der Waals surface area contributed by atoms with Crippen LogP contribution in [-0.2, 0) is 19.7 Å². The standard InChI is InChI=1S/C13H24N2O5S/c1-10(11-4-8-20-9-5-11)14-21(18,19)15-6-2-12(3-7-15)13(16)17/h10-12,14H,2-9H2,1H3,(H,16,17). The van der Waals surface area contributed by atoms with Crippen LogP contribution in [0.3, 0.4) is 0 Å². The molecule has 1 atom stereocenters. The summed E-state index contributed by atoms with van der Waals surface area (Å²) in [4.78, 5) is 10.9. The number of nitrogens with one attached hydrogen (secondary N) is 1. The molecule has 8 heteroatoms. The minimum Gasteiger partial charge on any atom is -0.481 e. The quantitative estimate of drug-likeness (QED) is 0.766. The van der Waals surface area contributed by atoms with Gasteiger partial charge in [-0.2, -0.15) is 17.4 Å². The zero-order valence-electron chi connectivity index (χ0n) is 12.3. The van der Waals surface area contributed by atoms with Gasteiger partial charge in [-0.1, -0.05) is 0 Å². The third-order valence-corrected chi connectivity index (χ3v) is 6.17. The van der Waals surface area contributed by atoms with Crippen LogP contribution in [-0.4, -0.2) is 56.1 Å². The number of hydrogen-bond donors (Lipinski definition) is 2. The van der Waals surface area contributed by atoms with Gasteiger partial charge in [0.2, 0.25) is 0 Å². The number of ether oxygens (including phenoxy) is 1. The summed E-state index contributed by atoms with van der Waals surface area (Å²) < 4.78 is 34.1. The molecule has 0 saturated carbocycles. The molecule has 0 radical (unpaired) electrons. The average molecular weight is 320 g/mol. The van der Waals surface area contributed by atoms with Crippen molar-refractivity contribution in [3.05, 3.63) is 0 Å². The fourth-order valence-electron chi connectivity index (χ4n) is 2.96. The number of nitrogens with zero attached hydrogens (tertiary/aromatic N) is 1. The second-order valence-corrected chi connectivity index (χ2v) is 7.58. The molecule has 2 aliphatic rings. The summed E-state index contributed by atoms with van der Waals surface area (Å²) in [6, 6.07) is -0.129. The maximum atomic E-state index is 12.4. The van der Waals surface area contributed by atoms with Crippen LogP contribution in [0.25, 0.3) is 0 Å². The molecule has 0 aromatic heterocycles. The fraction of sp³-hybridized carbons (Fsp3) is 0.923. The van der Waals surface area contributed by atoms with Gasteiger partial charge >= 0.3 is 5.97 Å². The van der Waals surface area contributed by atoms with Gasteiger partial charge < -0.3 is 9.84 Å². The van der Waals surface area contributed by atoms with Crippen LogP contribution < -0.4 is 4.72 Å². The fourth-order valence-corrected chi connectivity index (χ4v) is 4.47. The first-order valence-electron chi connectivity index (χ1n) is 7.48. The molecular weight excluding hydrogens is 296 g/mol. The molecule has 21 heavy (non-hydrogen) atoms. The number of piperidine rings is 1. The summed E-state index contributed by atoms with van der Waals surface area (Å²) in [5.41, 5.74) is 0. The van der Waals surface area contributed by atoms with E-state index < -0.39 is 22.1 Å². The smallest absolute Gasteiger partial charge is 0.306 e. The normalized spacial score (nSPS) is 24.8. The van der Waals surface area contributed by atoms with Crippen molar-refractivity contribution in [1.29, 1.82) is 0 Å². The van der Waals surface area contributed by atoms with Crippen molar-refractivity contribution in [3.8, 4) is 0 Å². The Balaban J connectivity index is 1.88. The highest BCUT2D eigenvalue weighted by Gasteiger charge is 2.33. The number of hydrogen-bond acceptors (Lipinski definition) is 4. The molecule has 2 saturated heterocycles. The molecule has 0 aliphatic carbocycles. The zero-order chi connectivity index (χ0) is 15.5. The van der Waals surface area contributed by atoms with E-state index in [9.17, 15) is 13.2 Å². The summed E-state index contributed by atoms with van der Waals surface area (Å²) in [5.74, 6) is -0.968. The van der Waals surface area contributed by atoms with Gasteiger partial charge in [0.25, 0.3) is 10.2 Å². The van der Waals surface area contributed by atoms with Gasteiger partial charge in [-0.25, -0.2) is 0 Å². The molecule has 0 amide bonds. The molecule has 0 spiro atoms. The Morgan fingerprint density at radius 1 is 1.24 bits per heavy atom. The molecule has 1 unspecified atom stereocenters. The molecule has 122 valence electrons. The van der Waals surface area contributed by atoms with Gasteiger partial charge in [-0.15, -0.1) is 0 Å². The van der Waals surface area contributed by atoms with Crippen molar-refractivity contribution in [1.82, 2.24) is 9.03 Å². The Labute approximate surface area is 125 Å². The number of carbonyl (C=O) groups is 1. The lowest BCUT2D eigenvalue weighted by Crippen LogP contribution is -2.50. The van der Waals surface area contributed by atoms with Crippen LogP contribution in [0.15, 0.2) is 0 Å². The Morgan fingerprint density at radius 3 is 2.33 bits per heavy atom. The first-order valence-corrected chi connectivity index (χ1v) is 8.92. The number of aliphatic carboxylic acids is 1. The Bertz CT molecular complexity index is 453. The second-order valence-electron chi connectivity index (χ2n) is 5.87. The molecule has 2 fully saturated rings. The molecule has 2 N–H and O–H groups in total. The minimum absolute atomic E-state index is 0.129. The van der Waals surface area contributed by atoms with Gasteiger partial charge in [-0.05, 0) is 38.5 Å². The topological polar surface area (TPSA) is 95.9 Å². The Morgan fingerprint density at radius 2 is 1.81 bits per heavy atom. The number of rotatable bonds is 5. The van der Waals surface area contributed by atoms with Crippen LogP contribution in [0.5, 0.6) is 0 Å². The SMILES string of the molecule is CC(NS(=O)(=O)N1CCC(C(=O)O)CC1)C1CCOCC1. The lowest BCUT2D eigenvalue weighted by atomic mass is 9.94. The predicted octanol–water partition coefficient (Wildman–Crippen LogP) is 0.433. The molecule has 0 aromatic rings. The van der Waals surface area contributed by atoms with E-state index in [0.29, 0.717) is 32.0 Å². The number of carboxylic acids is 1. The maximum absolute atomic E-state index is 12.4. The van der Waals surface area contributed by atoms with Crippen LogP contribution in [0, 0.1) is 11.8 Å². The highest BCUT2D eigenvalue weighted by Crippen LogP contribution is 2.22. The van der Waals surface area contributed by atoms with E-state index >= 15 is 0 Å². The first-order chi connectivity index (χ1) is 9.90. The lowest BCUT2D eigenvalue weighted by Gasteiger charge is -2.33. The van der Waals surface area contributed by atoms with Gasteiger partial charge in [0.1, 0.15) is 0 Å².